The number of nitrogens with zero attached hydrogens (tertiary/aromatic N) is 1. The fraction of sp³-hybridized carbons (Fsp3) is 0.364. The van der Waals surface area contributed by atoms with E-state index in [0.29, 0.717) is 25.2 Å². The van der Waals surface area contributed by atoms with Crippen LogP contribution in [0.3, 0.4) is 0 Å². The van der Waals surface area contributed by atoms with Crippen LogP contribution in [-0.2, 0) is 19.0 Å². The highest BCUT2D eigenvalue weighted by atomic mass is 32.2. The highest BCUT2D eigenvalue weighted by Crippen LogP contribution is 2.31. The normalized spacial score (nSPS) is 16.2. The summed E-state index contributed by atoms with van der Waals surface area (Å²) >= 11 is 0. The number of benzene rings is 3. The van der Waals surface area contributed by atoms with E-state index in [1.54, 1.807) is 31.2 Å². The summed E-state index contributed by atoms with van der Waals surface area (Å²) in [7, 11) is -4.21. The van der Waals surface area contributed by atoms with Gasteiger partial charge < -0.3 is 19.5 Å². The van der Waals surface area contributed by atoms with Crippen molar-refractivity contribution < 1.29 is 26.8 Å². The first-order chi connectivity index (χ1) is 20.3. The third-order valence-corrected chi connectivity index (χ3v) is 8.37. The van der Waals surface area contributed by atoms with E-state index in [-0.39, 0.29) is 10.6 Å². The van der Waals surface area contributed by atoms with Gasteiger partial charge in [0.05, 0.1) is 17.8 Å². The molecule has 0 saturated carbocycles. The van der Waals surface area contributed by atoms with E-state index < -0.39 is 22.7 Å². The fourth-order valence-electron chi connectivity index (χ4n) is 4.73. The van der Waals surface area contributed by atoms with E-state index in [9.17, 15) is 8.42 Å². The average Bonchev–Trinajstić information content (AvgIpc) is 3.00. The molecule has 222 valence electrons. The van der Waals surface area contributed by atoms with Crippen LogP contribution in [0.25, 0.3) is 22.2 Å². The van der Waals surface area contributed by atoms with Crippen molar-refractivity contribution in [2.75, 3.05) is 18.5 Å². The Morgan fingerprint density at radius 3 is 2.55 bits per heavy atom. The van der Waals surface area contributed by atoms with E-state index in [4.69, 9.17) is 23.4 Å². The van der Waals surface area contributed by atoms with Crippen molar-refractivity contribution in [3.8, 4) is 22.8 Å². The summed E-state index contributed by atoms with van der Waals surface area (Å²) in [4.78, 5) is 4.79. The first kappa shape index (κ1) is 29.8. The summed E-state index contributed by atoms with van der Waals surface area (Å²) in [5.41, 5.74) is 4.51. The molecule has 2 atom stereocenters. The number of aromatic nitrogens is 1. The summed E-state index contributed by atoms with van der Waals surface area (Å²) in [6.07, 6.45) is 2.47. The Balaban J connectivity index is 1.32. The molecule has 3 aromatic carbocycles. The fourth-order valence-corrected chi connectivity index (χ4v) is 5.88. The minimum absolute atomic E-state index is 0.0509. The summed E-state index contributed by atoms with van der Waals surface area (Å²) in [6, 6.07) is 22.6. The number of hydrogen-bond acceptors (Lipinski definition) is 8. The van der Waals surface area contributed by atoms with Gasteiger partial charge in [0, 0.05) is 42.1 Å². The van der Waals surface area contributed by atoms with Gasteiger partial charge in [0.15, 0.2) is 6.29 Å². The SMILES string of the molecule is CCCNc1ccc(-c2ccc3ccc(OC(CC)OS(=O)(=O)c4ccc(C)cc4OC4CCCCO4)cc3n2)cc1. The highest BCUT2D eigenvalue weighted by Gasteiger charge is 2.28. The molecule has 4 aromatic rings. The maximum atomic E-state index is 13.4. The molecular weight excluding hydrogens is 552 g/mol. The number of pyridine rings is 1. The molecule has 0 bridgehead atoms. The molecule has 2 heterocycles. The minimum Gasteiger partial charge on any atom is -0.464 e. The Bertz CT molecular complexity index is 1600. The summed E-state index contributed by atoms with van der Waals surface area (Å²) in [5.74, 6) is 0.678. The molecule has 1 aliphatic heterocycles. The van der Waals surface area contributed by atoms with Gasteiger partial charge in [-0.3, -0.25) is 0 Å². The molecule has 0 radical (unpaired) electrons. The predicted octanol–water partition coefficient (Wildman–Crippen LogP) is 7.46. The van der Waals surface area contributed by atoms with Crippen molar-refractivity contribution in [1.82, 2.24) is 4.98 Å². The lowest BCUT2D eigenvalue weighted by molar-refractivity contribution is -0.107. The lowest BCUT2D eigenvalue weighted by Crippen LogP contribution is -2.27. The van der Waals surface area contributed by atoms with Crippen LogP contribution in [0.1, 0.15) is 51.5 Å². The minimum atomic E-state index is -4.21. The number of ether oxygens (including phenoxy) is 3. The van der Waals surface area contributed by atoms with Gasteiger partial charge in [-0.15, -0.1) is 0 Å². The molecule has 8 nitrogen and oxygen atoms in total. The molecule has 1 N–H and O–H groups in total. The molecule has 2 unspecified atom stereocenters. The van der Waals surface area contributed by atoms with Crippen molar-refractivity contribution >= 4 is 26.7 Å². The van der Waals surface area contributed by atoms with Gasteiger partial charge >= 0.3 is 10.1 Å². The zero-order valence-corrected chi connectivity index (χ0v) is 25.2. The van der Waals surface area contributed by atoms with Gasteiger partial charge in [-0.2, -0.15) is 8.42 Å². The van der Waals surface area contributed by atoms with Crippen LogP contribution in [-0.4, -0.2) is 39.1 Å². The van der Waals surface area contributed by atoms with Crippen molar-refractivity contribution in [3.05, 3.63) is 78.4 Å². The van der Waals surface area contributed by atoms with Gasteiger partial charge in [-0.1, -0.05) is 38.1 Å². The number of rotatable bonds is 12. The van der Waals surface area contributed by atoms with Gasteiger partial charge in [0.25, 0.3) is 0 Å². The molecule has 0 spiro atoms. The largest absolute Gasteiger partial charge is 0.464 e. The predicted molar refractivity (Wildman–Crippen MR) is 164 cm³/mol. The number of fused-ring (bicyclic) bond motifs is 1. The molecule has 42 heavy (non-hydrogen) atoms. The van der Waals surface area contributed by atoms with Gasteiger partial charge in [-0.05, 0) is 74.2 Å². The molecule has 1 saturated heterocycles. The first-order valence-electron chi connectivity index (χ1n) is 14.6. The smallest absolute Gasteiger partial charge is 0.303 e. The molecular formula is C33H38N2O6S. The standard InChI is InChI=1S/C33H38N2O6S/c1-4-19-34-26-14-10-24(11-15-26)28-17-13-25-12-16-27(22-29(25)35-28)39-32(5-2)41-42(36,37)31-18-9-23(3)21-30(31)40-33-8-6-7-20-38-33/h9-18,21-22,32-34H,4-8,19-20H2,1-3H3. The van der Waals surface area contributed by atoms with Crippen LogP contribution in [0.2, 0.25) is 0 Å². The molecule has 9 heteroatoms. The van der Waals surface area contributed by atoms with E-state index in [1.807, 2.05) is 49.4 Å². The molecule has 0 amide bonds. The number of anilines is 1. The average molecular weight is 591 g/mol. The maximum absolute atomic E-state index is 13.4. The Morgan fingerprint density at radius 2 is 1.81 bits per heavy atom. The zero-order valence-electron chi connectivity index (χ0n) is 24.3. The first-order valence-corrected chi connectivity index (χ1v) is 16.0. The number of hydrogen-bond donors (Lipinski definition) is 1. The monoisotopic (exact) mass is 590 g/mol. The molecule has 1 aliphatic rings. The number of nitrogens with one attached hydrogen (secondary N) is 1. The Labute approximate surface area is 248 Å². The second kappa shape index (κ2) is 13.5. The molecule has 5 rings (SSSR count). The highest BCUT2D eigenvalue weighted by molar-refractivity contribution is 7.86. The maximum Gasteiger partial charge on any atom is 0.303 e. The second-order valence-corrected chi connectivity index (χ2v) is 12.0. The van der Waals surface area contributed by atoms with Crippen LogP contribution in [0.4, 0.5) is 5.69 Å². The van der Waals surface area contributed by atoms with Gasteiger partial charge in [-0.25, -0.2) is 9.17 Å². The van der Waals surface area contributed by atoms with E-state index in [2.05, 4.69) is 12.2 Å². The Morgan fingerprint density at radius 1 is 1.00 bits per heavy atom. The van der Waals surface area contributed by atoms with Crippen LogP contribution < -0.4 is 14.8 Å². The van der Waals surface area contributed by atoms with E-state index in [0.717, 1.165) is 59.2 Å². The quantitative estimate of drug-likeness (QED) is 0.134. The zero-order chi connectivity index (χ0) is 29.5. The molecule has 1 aromatic heterocycles. The lowest BCUT2D eigenvalue weighted by Gasteiger charge is -2.25. The van der Waals surface area contributed by atoms with Crippen LogP contribution in [0, 0.1) is 6.92 Å². The lowest BCUT2D eigenvalue weighted by atomic mass is 10.1. The van der Waals surface area contributed by atoms with Gasteiger partial charge in [0.1, 0.15) is 16.4 Å². The summed E-state index contributed by atoms with van der Waals surface area (Å²) in [5, 5.41) is 4.32. The Kier molecular flexibility index (Phi) is 9.62. The van der Waals surface area contributed by atoms with Crippen LogP contribution in [0.15, 0.2) is 77.7 Å². The van der Waals surface area contributed by atoms with Crippen LogP contribution in [0.5, 0.6) is 11.5 Å². The van der Waals surface area contributed by atoms with Crippen LogP contribution >= 0.6 is 0 Å². The van der Waals surface area contributed by atoms with Gasteiger partial charge in [0.2, 0.25) is 6.29 Å². The van der Waals surface area contributed by atoms with E-state index in [1.165, 1.54) is 6.07 Å². The third kappa shape index (κ3) is 7.40. The van der Waals surface area contributed by atoms with Crippen molar-refractivity contribution in [2.24, 2.45) is 0 Å². The van der Waals surface area contributed by atoms with Crippen molar-refractivity contribution in [2.45, 2.75) is 70.4 Å². The third-order valence-electron chi connectivity index (χ3n) is 7.02. The molecule has 1 fully saturated rings. The Hall–Kier alpha value is -3.66. The van der Waals surface area contributed by atoms with Crippen molar-refractivity contribution in [3.63, 3.8) is 0 Å². The van der Waals surface area contributed by atoms with Crippen molar-refractivity contribution in [1.29, 1.82) is 0 Å². The molecule has 0 aliphatic carbocycles. The second-order valence-electron chi connectivity index (χ2n) is 10.4. The topological polar surface area (TPSA) is 96.0 Å². The number of aryl methyl sites for hydroxylation is 1. The summed E-state index contributed by atoms with van der Waals surface area (Å²) < 4.78 is 50.1. The summed E-state index contributed by atoms with van der Waals surface area (Å²) in [6.45, 7) is 7.33. The van der Waals surface area contributed by atoms with E-state index >= 15 is 0 Å².